The van der Waals surface area contributed by atoms with E-state index in [0.29, 0.717) is 6.54 Å². The number of benzene rings is 1. The van der Waals surface area contributed by atoms with Gasteiger partial charge in [0.25, 0.3) is 0 Å². The van der Waals surface area contributed by atoms with Crippen molar-refractivity contribution in [2.24, 2.45) is 0 Å². The quantitative estimate of drug-likeness (QED) is 0.820. The highest BCUT2D eigenvalue weighted by Crippen LogP contribution is 2.28. The molecule has 0 unspecified atom stereocenters. The monoisotopic (exact) mass is 209 g/mol. The van der Waals surface area contributed by atoms with E-state index in [2.05, 4.69) is 6.92 Å². The lowest BCUT2D eigenvalue weighted by atomic mass is 10.1. The van der Waals surface area contributed by atoms with E-state index in [9.17, 15) is 0 Å². The fourth-order valence-corrected chi connectivity index (χ4v) is 1.69. The van der Waals surface area contributed by atoms with Crippen LogP contribution in [-0.4, -0.2) is 32.4 Å². The summed E-state index contributed by atoms with van der Waals surface area (Å²) in [4.78, 5) is 2.04. The minimum absolute atomic E-state index is 0.168. The maximum atomic E-state index is 8.89. The molecule has 0 fully saturated rings. The molecule has 0 aliphatic rings. The maximum Gasteiger partial charge on any atom is 0.122 e. The first-order valence-corrected chi connectivity index (χ1v) is 5.08. The summed E-state index contributed by atoms with van der Waals surface area (Å²) in [5.74, 6) is 0.911. The summed E-state index contributed by atoms with van der Waals surface area (Å²) in [6, 6.07) is 3.99. The van der Waals surface area contributed by atoms with Gasteiger partial charge in [0.1, 0.15) is 5.75 Å². The Morgan fingerprint density at radius 3 is 2.47 bits per heavy atom. The molecule has 0 heterocycles. The molecule has 0 saturated carbocycles. The highest BCUT2D eigenvalue weighted by molar-refractivity contribution is 5.59. The van der Waals surface area contributed by atoms with Crippen LogP contribution in [0.4, 0.5) is 5.69 Å². The third kappa shape index (κ3) is 2.42. The summed E-state index contributed by atoms with van der Waals surface area (Å²) >= 11 is 0. The van der Waals surface area contributed by atoms with Crippen molar-refractivity contribution in [3.8, 4) is 5.75 Å². The van der Waals surface area contributed by atoms with Gasteiger partial charge in [0.05, 0.1) is 13.7 Å². The Balaban J connectivity index is 3.06. The Hall–Kier alpha value is -1.22. The van der Waals surface area contributed by atoms with Crippen LogP contribution >= 0.6 is 0 Å². The van der Waals surface area contributed by atoms with E-state index in [1.54, 1.807) is 7.11 Å². The van der Waals surface area contributed by atoms with Gasteiger partial charge in [-0.05, 0) is 37.1 Å². The lowest BCUT2D eigenvalue weighted by molar-refractivity contribution is 0.304. The molecule has 0 amide bonds. The first kappa shape index (κ1) is 11.9. The number of hydrogen-bond acceptors (Lipinski definition) is 3. The Morgan fingerprint density at radius 2 is 1.93 bits per heavy atom. The molecule has 1 rings (SSSR count). The van der Waals surface area contributed by atoms with Crippen LogP contribution in [-0.2, 0) is 0 Å². The Bertz CT molecular complexity index is 337. The first-order valence-electron chi connectivity index (χ1n) is 5.08. The molecule has 0 aliphatic heterocycles. The number of ether oxygens (including phenoxy) is 1. The van der Waals surface area contributed by atoms with Crippen LogP contribution in [0, 0.1) is 13.8 Å². The van der Waals surface area contributed by atoms with Gasteiger partial charge in [-0.3, -0.25) is 0 Å². The van der Waals surface area contributed by atoms with E-state index in [1.165, 1.54) is 5.56 Å². The highest BCUT2D eigenvalue weighted by Gasteiger charge is 2.09. The molecule has 1 aromatic carbocycles. The second kappa shape index (κ2) is 5.03. The van der Waals surface area contributed by atoms with Gasteiger partial charge in [-0.15, -0.1) is 0 Å². The van der Waals surface area contributed by atoms with Crippen molar-refractivity contribution in [2.45, 2.75) is 13.8 Å². The fourth-order valence-electron chi connectivity index (χ4n) is 1.69. The molecule has 0 aliphatic carbocycles. The molecule has 84 valence electrons. The zero-order valence-corrected chi connectivity index (χ0v) is 9.87. The standard InChI is InChI=1S/C12H19NO2/c1-9-10(2)12(15-4)6-5-11(9)13(3)7-8-14/h5-6,14H,7-8H2,1-4H3. The molecule has 0 saturated heterocycles. The summed E-state index contributed by atoms with van der Waals surface area (Å²) in [6.45, 7) is 4.93. The molecule has 0 atom stereocenters. The van der Waals surface area contributed by atoms with E-state index in [1.807, 2.05) is 31.0 Å². The summed E-state index contributed by atoms with van der Waals surface area (Å²) in [5.41, 5.74) is 3.49. The highest BCUT2D eigenvalue weighted by atomic mass is 16.5. The molecule has 0 bridgehead atoms. The predicted molar refractivity (Wildman–Crippen MR) is 62.8 cm³/mol. The van der Waals surface area contributed by atoms with Gasteiger partial charge in [0.15, 0.2) is 0 Å². The average Bonchev–Trinajstić information content (AvgIpc) is 2.22. The van der Waals surface area contributed by atoms with Crippen molar-refractivity contribution in [3.63, 3.8) is 0 Å². The van der Waals surface area contributed by atoms with E-state index in [-0.39, 0.29) is 6.61 Å². The molecule has 3 nitrogen and oxygen atoms in total. The molecule has 0 aromatic heterocycles. The molecule has 1 aromatic rings. The van der Waals surface area contributed by atoms with Gasteiger partial charge in [0, 0.05) is 19.3 Å². The average molecular weight is 209 g/mol. The topological polar surface area (TPSA) is 32.7 Å². The second-order valence-corrected chi connectivity index (χ2v) is 3.68. The van der Waals surface area contributed by atoms with Crippen molar-refractivity contribution in [1.29, 1.82) is 0 Å². The van der Waals surface area contributed by atoms with Crippen molar-refractivity contribution in [2.75, 3.05) is 32.2 Å². The van der Waals surface area contributed by atoms with Crippen LogP contribution in [0.25, 0.3) is 0 Å². The van der Waals surface area contributed by atoms with Gasteiger partial charge in [-0.1, -0.05) is 0 Å². The van der Waals surface area contributed by atoms with Crippen LogP contribution in [0.5, 0.6) is 5.75 Å². The smallest absolute Gasteiger partial charge is 0.122 e. The van der Waals surface area contributed by atoms with Gasteiger partial charge in [-0.2, -0.15) is 0 Å². The SMILES string of the molecule is COc1ccc(N(C)CCO)c(C)c1C. The largest absolute Gasteiger partial charge is 0.496 e. The van der Waals surface area contributed by atoms with Gasteiger partial charge in [0.2, 0.25) is 0 Å². The lowest BCUT2D eigenvalue weighted by Crippen LogP contribution is -2.22. The maximum absolute atomic E-state index is 8.89. The molecule has 3 heteroatoms. The van der Waals surface area contributed by atoms with Crippen LogP contribution < -0.4 is 9.64 Å². The van der Waals surface area contributed by atoms with Gasteiger partial charge >= 0.3 is 0 Å². The number of hydrogen-bond donors (Lipinski definition) is 1. The van der Waals surface area contributed by atoms with Crippen molar-refractivity contribution in [1.82, 2.24) is 0 Å². The number of aliphatic hydroxyl groups excluding tert-OH is 1. The van der Waals surface area contributed by atoms with Gasteiger partial charge < -0.3 is 14.7 Å². The minimum Gasteiger partial charge on any atom is -0.496 e. The number of rotatable bonds is 4. The van der Waals surface area contributed by atoms with Crippen LogP contribution in [0.15, 0.2) is 12.1 Å². The summed E-state index contributed by atoms with van der Waals surface area (Å²) in [7, 11) is 3.66. The molecule has 0 spiro atoms. The summed E-state index contributed by atoms with van der Waals surface area (Å²) in [6.07, 6.45) is 0. The number of nitrogens with zero attached hydrogens (tertiary/aromatic N) is 1. The molecule has 1 N–H and O–H groups in total. The van der Waals surface area contributed by atoms with Crippen LogP contribution in [0.1, 0.15) is 11.1 Å². The summed E-state index contributed by atoms with van der Waals surface area (Å²) < 4.78 is 5.25. The van der Waals surface area contributed by atoms with Crippen molar-refractivity contribution in [3.05, 3.63) is 23.3 Å². The molecular weight excluding hydrogens is 190 g/mol. The van der Waals surface area contributed by atoms with Gasteiger partial charge in [-0.25, -0.2) is 0 Å². The zero-order valence-electron chi connectivity index (χ0n) is 9.87. The second-order valence-electron chi connectivity index (χ2n) is 3.68. The molecular formula is C12H19NO2. The lowest BCUT2D eigenvalue weighted by Gasteiger charge is -2.22. The van der Waals surface area contributed by atoms with Crippen LogP contribution in [0.3, 0.4) is 0 Å². The molecule has 0 radical (unpaired) electrons. The fraction of sp³-hybridized carbons (Fsp3) is 0.500. The summed E-state index contributed by atoms with van der Waals surface area (Å²) in [5, 5.41) is 8.89. The van der Waals surface area contributed by atoms with E-state index < -0.39 is 0 Å². The Morgan fingerprint density at radius 1 is 1.27 bits per heavy atom. The first-order chi connectivity index (χ1) is 7.11. The minimum atomic E-state index is 0.168. The third-order valence-corrected chi connectivity index (χ3v) is 2.78. The number of anilines is 1. The van der Waals surface area contributed by atoms with E-state index >= 15 is 0 Å². The number of aliphatic hydroxyl groups is 1. The Labute approximate surface area is 91.3 Å². The zero-order chi connectivity index (χ0) is 11.4. The van der Waals surface area contributed by atoms with Crippen molar-refractivity contribution < 1.29 is 9.84 Å². The van der Waals surface area contributed by atoms with E-state index in [4.69, 9.17) is 9.84 Å². The molecule has 15 heavy (non-hydrogen) atoms. The third-order valence-electron chi connectivity index (χ3n) is 2.78. The predicted octanol–water partition coefficient (Wildman–Crippen LogP) is 1.74. The number of likely N-dealkylation sites (N-methyl/N-ethyl adjacent to an activating group) is 1. The van der Waals surface area contributed by atoms with E-state index in [0.717, 1.165) is 17.0 Å². The Kier molecular flexibility index (Phi) is 3.97. The van der Waals surface area contributed by atoms with Crippen LogP contribution in [0.2, 0.25) is 0 Å². The normalized spacial score (nSPS) is 10.2. The van der Waals surface area contributed by atoms with Crippen molar-refractivity contribution >= 4 is 5.69 Å². The number of methoxy groups -OCH3 is 1.